The van der Waals surface area contributed by atoms with Crippen LogP contribution in [0.15, 0.2) is 152 Å². The zero-order valence-corrected chi connectivity index (χ0v) is 22.8. The number of hydrogen-bond donors (Lipinski definition) is 0. The van der Waals surface area contributed by atoms with Gasteiger partial charge in [-0.05, 0) is 62.1 Å². The van der Waals surface area contributed by atoms with E-state index in [0.29, 0.717) is 5.82 Å². The van der Waals surface area contributed by atoms with E-state index in [1.807, 2.05) is 18.3 Å². The van der Waals surface area contributed by atoms with Gasteiger partial charge in [0.15, 0.2) is 5.82 Å². The minimum Gasteiger partial charge on any atom is -0.264 e. The molecular formula is C39H25N3. The Labute approximate surface area is 243 Å². The summed E-state index contributed by atoms with van der Waals surface area (Å²) >= 11 is 0. The van der Waals surface area contributed by atoms with E-state index >= 15 is 0 Å². The Morgan fingerprint density at radius 2 is 1.10 bits per heavy atom. The second-order valence-electron chi connectivity index (χ2n) is 10.5. The lowest BCUT2D eigenvalue weighted by Gasteiger charge is -2.15. The van der Waals surface area contributed by atoms with Gasteiger partial charge in [-0.25, -0.2) is 9.97 Å². The molecule has 0 radical (unpaired) electrons. The molecule has 0 amide bonds. The van der Waals surface area contributed by atoms with Gasteiger partial charge < -0.3 is 0 Å². The first kappa shape index (κ1) is 24.2. The van der Waals surface area contributed by atoms with Gasteiger partial charge >= 0.3 is 0 Å². The van der Waals surface area contributed by atoms with Gasteiger partial charge in [-0.1, -0.05) is 115 Å². The summed E-state index contributed by atoms with van der Waals surface area (Å²) in [6, 6.07) is 48.9. The van der Waals surface area contributed by atoms with Gasteiger partial charge in [0.25, 0.3) is 0 Å². The Morgan fingerprint density at radius 3 is 1.95 bits per heavy atom. The van der Waals surface area contributed by atoms with Crippen molar-refractivity contribution in [1.29, 1.82) is 0 Å². The summed E-state index contributed by atoms with van der Waals surface area (Å²) in [5, 5.41) is 7.24. The standard InChI is InChI=1S/C39H25N3/c1-2-11-27(12-3-1)36-24-37(42-39(41-36)30-15-8-14-28(22-30)31-16-9-21-40-25-31)38-33-18-7-5-13-29(33)23-35-32-17-6-4-10-26(32)19-20-34(35)38/h1-25H. The molecule has 0 atom stereocenters. The highest BCUT2D eigenvalue weighted by atomic mass is 14.9. The van der Waals surface area contributed by atoms with Crippen molar-refractivity contribution in [2.75, 3.05) is 0 Å². The summed E-state index contributed by atoms with van der Waals surface area (Å²) in [4.78, 5) is 14.7. The second-order valence-corrected chi connectivity index (χ2v) is 10.5. The highest BCUT2D eigenvalue weighted by molar-refractivity contribution is 6.19. The summed E-state index contributed by atoms with van der Waals surface area (Å²) in [5.41, 5.74) is 7.08. The number of benzene rings is 6. The summed E-state index contributed by atoms with van der Waals surface area (Å²) in [7, 11) is 0. The molecule has 8 aromatic rings. The predicted molar refractivity (Wildman–Crippen MR) is 174 cm³/mol. The third kappa shape index (κ3) is 4.20. The molecule has 0 unspecified atom stereocenters. The van der Waals surface area contributed by atoms with Crippen LogP contribution in [0.4, 0.5) is 0 Å². The lowest BCUT2D eigenvalue weighted by atomic mass is 9.91. The molecule has 0 aliphatic rings. The van der Waals surface area contributed by atoms with Gasteiger partial charge in [-0.2, -0.15) is 0 Å². The molecule has 0 bridgehead atoms. The molecule has 2 heterocycles. The van der Waals surface area contributed by atoms with E-state index in [0.717, 1.165) is 39.2 Å². The third-order valence-corrected chi connectivity index (χ3v) is 7.94. The van der Waals surface area contributed by atoms with E-state index in [2.05, 4.69) is 132 Å². The molecule has 42 heavy (non-hydrogen) atoms. The Bertz CT molecular complexity index is 2240. The molecule has 3 heteroatoms. The number of nitrogens with zero attached hydrogens (tertiary/aromatic N) is 3. The molecule has 8 rings (SSSR count). The zero-order chi connectivity index (χ0) is 27.9. The largest absolute Gasteiger partial charge is 0.264 e. The Hall–Kier alpha value is -5.67. The molecule has 2 aromatic heterocycles. The Kier molecular flexibility index (Phi) is 5.79. The average molecular weight is 536 g/mol. The van der Waals surface area contributed by atoms with Gasteiger partial charge in [-0.15, -0.1) is 0 Å². The highest BCUT2D eigenvalue weighted by Gasteiger charge is 2.17. The van der Waals surface area contributed by atoms with E-state index in [1.54, 1.807) is 6.20 Å². The normalized spacial score (nSPS) is 11.3. The molecule has 196 valence electrons. The minimum absolute atomic E-state index is 0.693. The quantitative estimate of drug-likeness (QED) is 0.166. The third-order valence-electron chi connectivity index (χ3n) is 7.94. The molecule has 6 aromatic carbocycles. The number of fused-ring (bicyclic) bond motifs is 4. The van der Waals surface area contributed by atoms with Gasteiger partial charge in [0.1, 0.15) is 0 Å². The monoisotopic (exact) mass is 535 g/mol. The fourth-order valence-electron chi connectivity index (χ4n) is 5.93. The van der Waals surface area contributed by atoms with Crippen molar-refractivity contribution in [2.45, 2.75) is 0 Å². The number of aromatic nitrogens is 3. The van der Waals surface area contributed by atoms with Crippen molar-refractivity contribution < 1.29 is 0 Å². The van der Waals surface area contributed by atoms with Crippen LogP contribution in [0.5, 0.6) is 0 Å². The first-order valence-corrected chi connectivity index (χ1v) is 14.1. The highest BCUT2D eigenvalue weighted by Crippen LogP contribution is 2.40. The van der Waals surface area contributed by atoms with Crippen LogP contribution in [0.3, 0.4) is 0 Å². The van der Waals surface area contributed by atoms with Crippen LogP contribution in [0, 0.1) is 0 Å². The lowest BCUT2D eigenvalue weighted by Crippen LogP contribution is -1.97. The van der Waals surface area contributed by atoms with Gasteiger partial charge in [0.2, 0.25) is 0 Å². The lowest BCUT2D eigenvalue weighted by molar-refractivity contribution is 1.19. The SMILES string of the molecule is c1ccc(-c2cc(-c3c4ccccc4cc4c3ccc3ccccc34)nc(-c3cccc(-c4cccnc4)c3)n2)cc1. The molecule has 3 nitrogen and oxygen atoms in total. The van der Waals surface area contributed by atoms with Crippen molar-refractivity contribution in [3.8, 4) is 45.0 Å². The summed E-state index contributed by atoms with van der Waals surface area (Å²) in [6.45, 7) is 0. The van der Waals surface area contributed by atoms with Gasteiger partial charge in [-0.3, -0.25) is 4.98 Å². The van der Waals surface area contributed by atoms with E-state index < -0.39 is 0 Å². The number of rotatable bonds is 4. The predicted octanol–water partition coefficient (Wildman–Crippen LogP) is 10.00. The maximum absolute atomic E-state index is 5.29. The molecule has 0 saturated heterocycles. The van der Waals surface area contributed by atoms with Crippen LogP contribution in [0.2, 0.25) is 0 Å². The number of pyridine rings is 1. The summed E-state index contributed by atoms with van der Waals surface area (Å²) < 4.78 is 0. The maximum Gasteiger partial charge on any atom is 0.160 e. The molecule has 0 spiro atoms. The van der Waals surface area contributed by atoms with Crippen molar-refractivity contribution >= 4 is 32.3 Å². The average Bonchev–Trinajstić information content (AvgIpc) is 3.08. The zero-order valence-electron chi connectivity index (χ0n) is 22.8. The van der Waals surface area contributed by atoms with Crippen molar-refractivity contribution in [3.05, 3.63) is 152 Å². The molecular weight excluding hydrogens is 510 g/mol. The minimum atomic E-state index is 0.693. The van der Waals surface area contributed by atoms with Crippen LogP contribution < -0.4 is 0 Å². The van der Waals surface area contributed by atoms with Crippen molar-refractivity contribution in [1.82, 2.24) is 15.0 Å². The van der Waals surface area contributed by atoms with Gasteiger partial charge in [0, 0.05) is 34.6 Å². The fraction of sp³-hybridized carbons (Fsp3) is 0. The first-order chi connectivity index (χ1) is 20.8. The second kappa shape index (κ2) is 10.1. The fourth-order valence-corrected chi connectivity index (χ4v) is 5.93. The van der Waals surface area contributed by atoms with E-state index in [-0.39, 0.29) is 0 Å². The van der Waals surface area contributed by atoms with Crippen LogP contribution in [0.25, 0.3) is 77.3 Å². The Morgan fingerprint density at radius 1 is 0.381 bits per heavy atom. The smallest absolute Gasteiger partial charge is 0.160 e. The van der Waals surface area contributed by atoms with Crippen LogP contribution in [-0.4, -0.2) is 15.0 Å². The number of hydrogen-bond acceptors (Lipinski definition) is 3. The van der Waals surface area contributed by atoms with E-state index in [4.69, 9.17) is 9.97 Å². The van der Waals surface area contributed by atoms with Crippen molar-refractivity contribution in [2.24, 2.45) is 0 Å². The molecule has 0 aliphatic heterocycles. The summed E-state index contributed by atoms with van der Waals surface area (Å²) in [5.74, 6) is 0.693. The van der Waals surface area contributed by atoms with E-state index in [9.17, 15) is 0 Å². The molecule has 0 fully saturated rings. The van der Waals surface area contributed by atoms with Crippen LogP contribution in [-0.2, 0) is 0 Å². The Balaban J connectivity index is 1.43. The molecule has 0 N–H and O–H groups in total. The first-order valence-electron chi connectivity index (χ1n) is 14.1. The van der Waals surface area contributed by atoms with Gasteiger partial charge in [0.05, 0.1) is 11.4 Å². The van der Waals surface area contributed by atoms with E-state index in [1.165, 1.54) is 32.3 Å². The molecule has 0 aliphatic carbocycles. The molecule has 0 saturated carbocycles. The topological polar surface area (TPSA) is 38.7 Å². The van der Waals surface area contributed by atoms with Crippen LogP contribution in [0.1, 0.15) is 0 Å². The van der Waals surface area contributed by atoms with Crippen molar-refractivity contribution in [3.63, 3.8) is 0 Å². The maximum atomic E-state index is 5.29. The van der Waals surface area contributed by atoms with Crippen LogP contribution >= 0.6 is 0 Å². The summed E-state index contributed by atoms with van der Waals surface area (Å²) in [6.07, 6.45) is 3.68.